The second-order valence-corrected chi connectivity index (χ2v) is 10.3. The molecule has 0 fully saturated rings. The molecule has 0 aliphatic carbocycles. The Hall–Kier alpha value is -1.20. The zero-order valence-corrected chi connectivity index (χ0v) is 24.3. The highest BCUT2D eigenvalue weighted by Crippen LogP contribution is 2.19. The molecule has 3 unspecified atom stereocenters. The molecule has 208 valence electrons. The third kappa shape index (κ3) is 15.8. The van der Waals surface area contributed by atoms with E-state index in [-0.39, 0.29) is 6.10 Å². The van der Waals surface area contributed by atoms with Crippen molar-refractivity contribution in [2.45, 2.75) is 98.7 Å². The second kappa shape index (κ2) is 21.8. The molecule has 0 N–H and O–H groups in total. The normalized spacial score (nSPS) is 14.2. The van der Waals surface area contributed by atoms with Gasteiger partial charge in [-0.2, -0.15) is 0 Å². The molecule has 0 bridgehead atoms. The van der Waals surface area contributed by atoms with Gasteiger partial charge in [-0.1, -0.05) is 103 Å². The van der Waals surface area contributed by atoms with Crippen LogP contribution in [-0.2, 0) is 20.8 Å². The van der Waals surface area contributed by atoms with Crippen molar-refractivity contribution in [2.75, 3.05) is 46.1 Å². The second-order valence-electron chi connectivity index (χ2n) is 10.3. The van der Waals surface area contributed by atoms with E-state index >= 15 is 0 Å². The summed E-state index contributed by atoms with van der Waals surface area (Å²) in [6.07, 6.45) is 12.4. The molecule has 0 saturated heterocycles. The summed E-state index contributed by atoms with van der Waals surface area (Å²) < 4.78 is 17.7. The molecule has 4 heteroatoms. The van der Waals surface area contributed by atoms with Gasteiger partial charge < -0.3 is 19.1 Å². The first-order chi connectivity index (χ1) is 17.6. The molecule has 4 nitrogen and oxygen atoms in total. The Morgan fingerprint density at radius 3 is 1.97 bits per heavy atom. The summed E-state index contributed by atoms with van der Waals surface area (Å²) in [7, 11) is 0. The summed E-state index contributed by atoms with van der Waals surface area (Å²) in [4.78, 5) is 2.69. The Kier molecular flexibility index (Phi) is 19.9. The van der Waals surface area contributed by atoms with Crippen molar-refractivity contribution >= 4 is 6.08 Å². The molecule has 1 aromatic carbocycles. The van der Waals surface area contributed by atoms with Crippen molar-refractivity contribution < 1.29 is 14.2 Å². The highest BCUT2D eigenvalue weighted by Gasteiger charge is 2.17. The summed E-state index contributed by atoms with van der Waals surface area (Å²) in [5.41, 5.74) is 2.30. The number of benzene rings is 1. The van der Waals surface area contributed by atoms with Crippen LogP contribution in [0.1, 0.15) is 97.1 Å². The molecule has 0 radical (unpaired) electrons. The van der Waals surface area contributed by atoms with E-state index in [0.29, 0.717) is 26.4 Å². The van der Waals surface area contributed by atoms with Gasteiger partial charge in [0.05, 0.1) is 39.1 Å². The van der Waals surface area contributed by atoms with Crippen LogP contribution in [0.4, 0.5) is 0 Å². The van der Waals surface area contributed by atoms with Crippen LogP contribution in [0.5, 0.6) is 0 Å². The maximum absolute atomic E-state index is 6.05. The highest BCUT2D eigenvalue weighted by atomic mass is 16.5. The summed E-state index contributed by atoms with van der Waals surface area (Å²) in [5.74, 6) is 1.60. The van der Waals surface area contributed by atoms with Crippen molar-refractivity contribution in [1.29, 1.82) is 0 Å². The average Bonchev–Trinajstić information content (AvgIpc) is 2.90. The molecule has 1 aromatic rings. The first-order valence-electron chi connectivity index (χ1n) is 14.8. The number of rotatable bonds is 24. The quantitative estimate of drug-likeness (QED) is 0.134. The Bertz CT molecular complexity index is 615. The maximum Gasteiger partial charge on any atom is 0.0781 e. The predicted octanol–water partition coefficient (Wildman–Crippen LogP) is 8.00. The van der Waals surface area contributed by atoms with Crippen LogP contribution in [0.3, 0.4) is 0 Å². The van der Waals surface area contributed by atoms with Gasteiger partial charge in [-0.3, -0.25) is 0 Å². The van der Waals surface area contributed by atoms with Gasteiger partial charge in [0.2, 0.25) is 0 Å². The first-order valence-corrected chi connectivity index (χ1v) is 14.8. The standard InChI is InChI=1S/C32H57NO3/c1-7-12-14-30(10-4)24-33(25-31(11-5)15-13-8-2)20-21-34-26-28(6)36-23-22-35-27-32-18-16-29(9-3)17-19-32/h9,16-19,28,30-31H,3,7-8,10-15,20-27H2,1-2,4-6H3. The lowest BCUT2D eigenvalue weighted by molar-refractivity contribution is -0.0354. The van der Waals surface area contributed by atoms with E-state index in [2.05, 4.69) is 70.4 Å². The summed E-state index contributed by atoms with van der Waals surface area (Å²) >= 11 is 0. The zero-order chi connectivity index (χ0) is 26.4. The van der Waals surface area contributed by atoms with E-state index in [1.54, 1.807) is 0 Å². The molecule has 0 aliphatic heterocycles. The molecule has 0 aliphatic rings. The first kappa shape index (κ1) is 32.8. The third-order valence-corrected chi connectivity index (χ3v) is 7.14. The Morgan fingerprint density at radius 1 is 0.833 bits per heavy atom. The fourth-order valence-corrected chi connectivity index (χ4v) is 4.56. The maximum atomic E-state index is 6.05. The summed E-state index contributed by atoms with van der Waals surface area (Å²) in [6, 6.07) is 8.28. The fourth-order valence-electron chi connectivity index (χ4n) is 4.56. The number of ether oxygens (including phenoxy) is 3. The zero-order valence-electron chi connectivity index (χ0n) is 24.3. The van der Waals surface area contributed by atoms with E-state index in [1.165, 1.54) is 70.0 Å². The SMILES string of the molecule is C=Cc1ccc(COCCOC(C)COCCN(CC(CC)CCCC)CC(CC)CCCC)cc1. The monoisotopic (exact) mass is 503 g/mol. The molecule has 0 heterocycles. The van der Waals surface area contributed by atoms with Crippen molar-refractivity contribution in [1.82, 2.24) is 4.90 Å². The van der Waals surface area contributed by atoms with Crippen molar-refractivity contribution in [2.24, 2.45) is 11.8 Å². The van der Waals surface area contributed by atoms with E-state index in [1.807, 2.05) is 6.08 Å². The van der Waals surface area contributed by atoms with Crippen LogP contribution in [-0.4, -0.2) is 57.1 Å². The van der Waals surface area contributed by atoms with Gasteiger partial charge in [0.25, 0.3) is 0 Å². The van der Waals surface area contributed by atoms with Crippen LogP contribution in [0, 0.1) is 11.8 Å². The van der Waals surface area contributed by atoms with Gasteiger partial charge in [-0.25, -0.2) is 0 Å². The van der Waals surface area contributed by atoms with Crippen LogP contribution in [0.2, 0.25) is 0 Å². The fraction of sp³-hybridized carbons (Fsp3) is 0.750. The number of unbranched alkanes of at least 4 members (excludes halogenated alkanes) is 2. The molecular weight excluding hydrogens is 446 g/mol. The average molecular weight is 504 g/mol. The lowest BCUT2D eigenvalue weighted by Gasteiger charge is -2.30. The Balaban J connectivity index is 2.31. The molecule has 0 saturated carbocycles. The van der Waals surface area contributed by atoms with Gasteiger partial charge in [0.15, 0.2) is 0 Å². The van der Waals surface area contributed by atoms with Gasteiger partial charge in [-0.15, -0.1) is 0 Å². The van der Waals surface area contributed by atoms with E-state index in [0.717, 1.165) is 30.6 Å². The molecule has 3 atom stereocenters. The molecular formula is C32H57NO3. The van der Waals surface area contributed by atoms with Gasteiger partial charge in [-0.05, 0) is 42.7 Å². The molecule has 1 rings (SSSR count). The number of hydrogen-bond acceptors (Lipinski definition) is 4. The van der Waals surface area contributed by atoms with Crippen molar-refractivity contribution in [3.63, 3.8) is 0 Å². The smallest absolute Gasteiger partial charge is 0.0781 e. The minimum Gasteiger partial charge on any atom is -0.377 e. The number of hydrogen-bond donors (Lipinski definition) is 0. The Labute approximate surface area is 223 Å². The predicted molar refractivity (Wildman–Crippen MR) is 155 cm³/mol. The molecule has 36 heavy (non-hydrogen) atoms. The van der Waals surface area contributed by atoms with Gasteiger partial charge in [0.1, 0.15) is 0 Å². The summed E-state index contributed by atoms with van der Waals surface area (Å²) in [6.45, 7) is 21.8. The van der Waals surface area contributed by atoms with Crippen molar-refractivity contribution in [3.8, 4) is 0 Å². The molecule has 0 amide bonds. The van der Waals surface area contributed by atoms with E-state index < -0.39 is 0 Å². The minimum absolute atomic E-state index is 0.0785. The Morgan fingerprint density at radius 2 is 1.44 bits per heavy atom. The lowest BCUT2D eigenvalue weighted by Crippen LogP contribution is -2.37. The van der Waals surface area contributed by atoms with Crippen LogP contribution in [0.15, 0.2) is 30.8 Å². The summed E-state index contributed by atoms with van der Waals surface area (Å²) in [5, 5.41) is 0. The van der Waals surface area contributed by atoms with Gasteiger partial charge in [0, 0.05) is 19.6 Å². The molecule has 0 aromatic heterocycles. The van der Waals surface area contributed by atoms with E-state index in [4.69, 9.17) is 14.2 Å². The highest BCUT2D eigenvalue weighted by molar-refractivity contribution is 5.47. The topological polar surface area (TPSA) is 30.9 Å². The molecule has 0 spiro atoms. The largest absolute Gasteiger partial charge is 0.377 e. The van der Waals surface area contributed by atoms with Crippen LogP contribution >= 0.6 is 0 Å². The lowest BCUT2D eigenvalue weighted by atomic mass is 9.96. The van der Waals surface area contributed by atoms with Crippen LogP contribution in [0.25, 0.3) is 6.08 Å². The van der Waals surface area contributed by atoms with E-state index in [9.17, 15) is 0 Å². The van der Waals surface area contributed by atoms with Crippen molar-refractivity contribution in [3.05, 3.63) is 42.0 Å². The number of nitrogens with zero attached hydrogens (tertiary/aromatic N) is 1. The minimum atomic E-state index is 0.0785. The van der Waals surface area contributed by atoms with Crippen LogP contribution < -0.4 is 0 Å². The van der Waals surface area contributed by atoms with Gasteiger partial charge >= 0.3 is 0 Å². The third-order valence-electron chi connectivity index (χ3n) is 7.14.